The van der Waals surface area contributed by atoms with Crippen molar-refractivity contribution in [3.05, 3.63) is 34.4 Å². The van der Waals surface area contributed by atoms with E-state index in [1.807, 2.05) is 0 Å². The molecule has 2 fully saturated rings. The predicted octanol–water partition coefficient (Wildman–Crippen LogP) is 5.72. The van der Waals surface area contributed by atoms with Gasteiger partial charge >= 0.3 is 0 Å². The zero-order valence-electron chi connectivity index (χ0n) is 13.4. The van der Waals surface area contributed by atoms with E-state index in [2.05, 4.69) is 32.9 Å². The maximum absolute atomic E-state index is 13.5. The molecule has 115 valence electrons. The summed E-state index contributed by atoms with van der Waals surface area (Å²) in [5.41, 5.74) is 6.11. The highest BCUT2D eigenvalue weighted by Crippen LogP contribution is 2.80. The highest BCUT2D eigenvalue weighted by atomic mass is 32.7. The third-order valence-electron chi connectivity index (χ3n) is 5.49. The number of thiol groups is 1. The molecule has 1 aromatic carbocycles. The Morgan fingerprint density at radius 2 is 1.48 bits per heavy atom. The molecule has 0 saturated carbocycles. The fourth-order valence-electron chi connectivity index (χ4n) is 4.55. The summed E-state index contributed by atoms with van der Waals surface area (Å²) in [6.45, 7) is 4.48. The molecule has 2 aliphatic heterocycles. The number of benzene rings is 1. The van der Waals surface area contributed by atoms with E-state index >= 15 is 0 Å². The summed E-state index contributed by atoms with van der Waals surface area (Å²) in [4.78, 5) is 13.5. The summed E-state index contributed by atoms with van der Waals surface area (Å²) in [5, 5.41) is 0. The first kappa shape index (κ1) is 15.6. The van der Waals surface area contributed by atoms with Gasteiger partial charge in [0.15, 0.2) is 5.52 Å². The lowest BCUT2D eigenvalue weighted by Crippen LogP contribution is -2.19. The summed E-state index contributed by atoms with van der Waals surface area (Å²) in [5.74, 6) is 0. The quantitative estimate of drug-likeness (QED) is 0.544. The van der Waals surface area contributed by atoms with Crippen LogP contribution in [0.25, 0.3) is 0 Å². The Balaban J connectivity index is 2.05. The molecule has 3 heteroatoms. The molecule has 0 N–H and O–H groups in total. The van der Waals surface area contributed by atoms with Crippen LogP contribution in [0.4, 0.5) is 0 Å². The average molecular weight is 321 g/mol. The zero-order chi connectivity index (χ0) is 15.2. The topological polar surface area (TPSA) is 17.1 Å². The molecule has 1 aromatic rings. The van der Waals surface area contributed by atoms with Gasteiger partial charge in [-0.15, -0.1) is 12.2 Å². The van der Waals surface area contributed by atoms with Crippen molar-refractivity contribution in [1.29, 1.82) is 0 Å². The van der Waals surface area contributed by atoms with Crippen molar-refractivity contribution in [2.45, 2.75) is 70.6 Å². The number of carbonyl (C=O) groups excluding carboxylic acids is 1. The molecule has 2 atom stereocenters. The maximum atomic E-state index is 13.5. The molecule has 2 unspecified atom stereocenters. The number of fused-ring (bicyclic) bond motifs is 2. The van der Waals surface area contributed by atoms with E-state index in [1.54, 1.807) is 0 Å². The Hall–Kier alpha value is -0.330. The van der Waals surface area contributed by atoms with Gasteiger partial charge in [-0.25, -0.2) is 0 Å². The van der Waals surface area contributed by atoms with E-state index < -0.39 is 6.46 Å². The SMILES string of the molecule is Cc1cc(C)c(C(=O)[P]2(S)C3CCCCC2CC3)c(C)c1. The van der Waals surface area contributed by atoms with Gasteiger partial charge in [0.05, 0.1) is 0 Å². The summed E-state index contributed by atoms with van der Waals surface area (Å²) < 4.78 is 0. The van der Waals surface area contributed by atoms with Crippen molar-refractivity contribution in [3.63, 3.8) is 0 Å². The van der Waals surface area contributed by atoms with Crippen molar-refractivity contribution in [2.75, 3.05) is 0 Å². The molecule has 1 nitrogen and oxygen atoms in total. The smallest absolute Gasteiger partial charge is 0.190 e. The van der Waals surface area contributed by atoms with E-state index in [-0.39, 0.29) is 0 Å². The van der Waals surface area contributed by atoms with Crippen molar-refractivity contribution >= 4 is 24.2 Å². The van der Waals surface area contributed by atoms with Crippen LogP contribution in [0.2, 0.25) is 0 Å². The van der Waals surface area contributed by atoms with Crippen LogP contribution in [-0.2, 0) is 0 Å². The van der Waals surface area contributed by atoms with Gasteiger partial charge in [-0.3, -0.25) is 4.79 Å². The molecule has 0 aromatic heterocycles. The normalized spacial score (nSPS) is 32.0. The molecule has 0 spiro atoms. The summed E-state index contributed by atoms with van der Waals surface area (Å²) in [7, 11) is 0. The molecule has 3 rings (SSSR count). The van der Waals surface area contributed by atoms with E-state index in [9.17, 15) is 4.79 Å². The van der Waals surface area contributed by atoms with Crippen LogP contribution in [0, 0.1) is 20.8 Å². The molecule has 0 amide bonds. The zero-order valence-corrected chi connectivity index (χ0v) is 15.1. The Kier molecular flexibility index (Phi) is 4.23. The third-order valence-corrected chi connectivity index (χ3v) is 12.1. The predicted molar refractivity (Wildman–Crippen MR) is 96.2 cm³/mol. The largest absolute Gasteiger partial charge is 0.288 e. The van der Waals surface area contributed by atoms with Crippen molar-refractivity contribution < 1.29 is 4.79 Å². The number of hydrogen-bond donors (Lipinski definition) is 1. The minimum absolute atomic E-state index is 0.412. The Morgan fingerprint density at radius 3 is 1.95 bits per heavy atom. The van der Waals surface area contributed by atoms with Gasteiger partial charge in [-0.05, 0) is 75.4 Å². The van der Waals surface area contributed by atoms with E-state index in [1.165, 1.54) is 44.1 Å². The van der Waals surface area contributed by atoms with Gasteiger partial charge in [0.25, 0.3) is 0 Å². The molecule has 21 heavy (non-hydrogen) atoms. The van der Waals surface area contributed by atoms with Gasteiger partial charge < -0.3 is 0 Å². The molecular weight excluding hydrogens is 295 g/mol. The van der Waals surface area contributed by atoms with Crippen LogP contribution in [-0.4, -0.2) is 16.8 Å². The molecule has 2 bridgehead atoms. The van der Waals surface area contributed by atoms with Crippen LogP contribution < -0.4 is 0 Å². The van der Waals surface area contributed by atoms with E-state index in [0.29, 0.717) is 16.8 Å². The van der Waals surface area contributed by atoms with Crippen LogP contribution in [0.1, 0.15) is 65.6 Å². The Labute approximate surface area is 134 Å². The van der Waals surface area contributed by atoms with E-state index in [4.69, 9.17) is 12.2 Å². The second-order valence-electron chi connectivity index (χ2n) is 6.99. The van der Waals surface area contributed by atoms with E-state index in [0.717, 1.165) is 16.7 Å². The molecule has 1 radical (unpaired) electrons. The number of aryl methyl sites for hydroxylation is 3. The second-order valence-corrected chi connectivity index (χ2v) is 12.3. The van der Waals surface area contributed by atoms with Gasteiger partial charge in [0.2, 0.25) is 0 Å². The van der Waals surface area contributed by atoms with Gasteiger partial charge in [0.1, 0.15) is 0 Å². The third kappa shape index (κ3) is 2.49. The average Bonchev–Trinajstić information content (AvgIpc) is 2.57. The molecule has 2 heterocycles. The monoisotopic (exact) mass is 321 g/mol. The van der Waals surface area contributed by atoms with Crippen LogP contribution in [0.3, 0.4) is 0 Å². The summed E-state index contributed by atoms with van der Waals surface area (Å²) >= 11 is 5.16. The lowest BCUT2D eigenvalue weighted by molar-refractivity contribution is 0.107. The standard InChI is InChI=1S/C18H26OPS/c1-12-10-13(2)17(14(3)11-12)18(19)20(21)15-6-4-5-7-16(20)9-8-15/h10-11,15-16,21H,4-9H2,1-3H3. The van der Waals surface area contributed by atoms with Gasteiger partial charge in [-0.1, -0.05) is 30.5 Å². The Bertz CT molecular complexity index is 544. The minimum Gasteiger partial charge on any atom is -0.288 e. The van der Waals surface area contributed by atoms with Crippen LogP contribution in [0.5, 0.6) is 0 Å². The van der Waals surface area contributed by atoms with Crippen molar-refractivity contribution in [3.8, 4) is 0 Å². The summed E-state index contributed by atoms with van der Waals surface area (Å²) in [6, 6.07) is 4.31. The highest BCUT2D eigenvalue weighted by molar-refractivity contribution is 8.59. The number of carbonyl (C=O) groups is 1. The lowest BCUT2D eigenvalue weighted by atomic mass is 10.0. The van der Waals surface area contributed by atoms with Crippen molar-refractivity contribution in [2.24, 2.45) is 0 Å². The number of hydrogen-bond acceptors (Lipinski definition) is 2. The first-order valence-corrected chi connectivity index (χ1v) is 11.3. The first-order chi connectivity index (χ1) is 9.94. The highest BCUT2D eigenvalue weighted by Gasteiger charge is 2.51. The number of rotatable bonds is 2. The second kappa shape index (κ2) is 5.70. The molecular formula is C18H26OPS. The van der Waals surface area contributed by atoms with Gasteiger partial charge in [0, 0.05) is 5.56 Å². The fraction of sp³-hybridized carbons (Fsp3) is 0.611. The molecule has 0 aliphatic carbocycles. The van der Waals surface area contributed by atoms with Crippen LogP contribution in [0.15, 0.2) is 12.1 Å². The lowest BCUT2D eigenvalue weighted by Gasteiger charge is -2.36. The van der Waals surface area contributed by atoms with Crippen molar-refractivity contribution in [1.82, 2.24) is 0 Å². The molecule has 2 aliphatic rings. The minimum atomic E-state index is -1.80. The van der Waals surface area contributed by atoms with Gasteiger partial charge in [-0.2, -0.15) is 0 Å². The molecule has 2 saturated heterocycles. The maximum Gasteiger partial charge on any atom is 0.190 e. The summed E-state index contributed by atoms with van der Waals surface area (Å²) in [6.07, 6.45) is 7.51. The van der Waals surface area contributed by atoms with Crippen LogP contribution >= 0.6 is 18.7 Å². The Morgan fingerprint density at radius 1 is 1.00 bits per heavy atom. The fourth-order valence-corrected chi connectivity index (χ4v) is 10.4. The first-order valence-electron chi connectivity index (χ1n) is 8.18.